The minimum Gasteiger partial charge on any atom is -0.311 e. The molecule has 0 bridgehead atoms. The van der Waals surface area contributed by atoms with Gasteiger partial charge in [-0.05, 0) is 101 Å². The van der Waals surface area contributed by atoms with Crippen molar-refractivity contribution in [3.05, 3.63) is 193 Å². The van der Waals surface area contributed by atoms with E-state index >= 15 is 0 Å². The third kappa shape index (κ3) is 6.13. The molecule has 0 N–H and O–H groups in total. The lowest BCUT2D eigenvalue weighted by atomic mass is 10.1. The molecule has 216 valence electrons. The molecule has 45 heavy (non-hydrogen) atoms. The summed E-state index contributed by atoms with van der Waals surface area (Å²) >= 11 is 0. The minimum absolute atomic E-state index is 1.12. The van der Waals surface area contributed by atoms with E-state index in [1.54, 1.807) is 0 Å². The SMILES string of the molecule is Cc1ccccc1N(c1ccc(C=Cc2ccc(N(c3ccccc3)c3ccccc3)cc2)cc1)c1ccc2ccccc2c1. The second-order valence-electron chi connectivity index (χ2n) is 11.2. The van der Waals surface area contributed by atoms with Crippen LogP contribution in [0.4, 0.5) is 34.1 Å². The molecule has 0 atom stereocenters. The van der Waals surface area contributed by atoms with Gasteiger partial charge in [-0.15, -0.1) is 0 Å². The van der Waals surface area contributed by atoms with Gasteiger partial charge in [0.2, 0.25) is 0 Å². The average Bonchev–Trinajstić information content (AvgIpc) is 3.10. The predicted molar refractivity (Wildman–Crippen MR) is 193 cm³/mol. The molecule has 0 saturated heterocycles. The number of fused-ring (bicyclic) bond motifs is 1. The van der Waals surface area contributed by atoms with E-state index < -0.39 is 0 Å². The summed E-state index contributed by atoms with van der Waals surface area (Å²) in [5.74, 6) is 0. The van der Waals surface area contributed by atoms with Crippen molar-refractivity contribution in [2.45, 2.75) is 6.92 Å². The summed E-state index contributed by atoms with van der Waals surface area (Å²) in [6.07, 6.45) is 4.36. The number of rotatable bonds is 8. The quantitative estimate of drug-likeness (QED) is 0.166. The Bertz CT molecular complexity index is 2010. The maximum atomic E-state index is 2.35. The Morgan fingerprint density at radius 3 is 1.38 bits per heavy atom. The van der Waals surface area contributed by atoms with Crippen LogP contribution in [0.1, 0.15) is 16.7 Å². The number of anilines is 6. The van der Waals surface area contributed by atoms with Crippen LogP contribution in [-0.4, -0.2) is 0 Å². The van der Waals surface area contributed by atoms with Crippen molar-refractivity contribution in [1.29, 1.82) is 0 Å². The molecule has 0 aliphatic rings. The molecule has 0 aromatic heterocycles. The Hall–Kier alpha value is -5.86. The van der Waals surface area contributed by atoms with Crippen molar-refractivity contribution < 1.29 is 0 Å². The van der Waals surface area contributed by atoms with Crippen LogP contribution in [0.2, 0.25) is 0 Å². The highest BCUT2D eigenvalue weighted by atomic mass is 15.1. The summed E-state index contributed by atoms with van der Waals surface area (Å²) in [6.45, 7) is 2.17. The van der Waals surface area contributed by atoms with Crippen LogP contribution >= 0.6 is 0 Å². The van der Waals surface area contributed by atoms with E-state index in [1.165, 1.54) is 22.0 Å². The maximum Gasteiger partial charge on any atom is 0.0490 e. The highest BCUT2D eigenvalue weighted by Crippen LogP contribution is 2.38. The molecule has 0 aliphatic heterocycles. The molecule has 2 heteroatoms. The van der Waals surface area contributed by atoms with E-state index in [4.69, 9.17) is 0 Å². The Labute approximate surface area is 265 Å². The number of nitrogens with zero attached hydrogens (tertiary/aromatic N) is 2. The smallest absolute Gasteiger partial charge is 0.0490 e. The first-order valence-electron chi connectivity index (χ1n) is 15.4. The average molecular weight is 579 g/mol. The Kier molecular flexibility index (Phi) is 7.94. The molecule has 0 aliphatic carbocycles. The number of hydrogen-bond acceptors (Lipinski definition) is 2. The van der Waals surface area contributed by atoms with Crippen LogP contribution < -0.4 is 9.80 Å². The van der Waals surface area contributed by atoms with Gasteiger partial charge < -0.3 is 9.80 Å². The van der Waals surface area contributed by atoms with Gasteiger partial charge in [0.1, 0.15) is 0 Å². The molecule has 0 amide bonds. The van der Waals surface area contributed by atoms with E-state index in [9.17, 15) is 0 Å². The number of benzene rings is 7. The van der Waals surface area contributed by atoms with Gasteiger partial charge in [-0.2, -0.15) is 0 Å². The van der Waals surface area contributed by atoms with Crippen LogP contribution in [0.5, 0.6) is 0 Å². The molecule has 7 aromatic rings. The van der Waals surface area contributed by atoms with Crippen molar-refractivity contribution in [3.63, 3.8) is 0 Å². The highest BCUT2D eigenvalue weighted by Gasteiger charge is 2.15. The molecule has 0 fully saturated rings. The third-order valence-corrected chi connectivity index (χ3v) is 8.15. The van der Waals surface area contributed by atoms with E-state index in [1.807, 2.05) is 0 Å². The standard InChI is InChI=1S/C43H34N2/c1-33-12-8-11-19-43(33)45(42-31-26-36-13-9-10-14-37(36)32-42)41-29-24-35(25-30-41)21-20-34-22-27-40(28-23-34)44(38-15-4-2-5-16-38)39-17-6-3-7-18-39/h2-32H,1H3. The maximum absolute atomic E-state index is 2.35. The molecule has 0 saturated carbocycles. The van der Waals surface area contributed by atoms with E-state index in [-0.39, 0.29) is 0 Å². The largest absolute Gasteiger partial charge is 0.311 e. The zero-order valence-corrected chi connectivity index (χ0v) is 25.3. The fourth-order valence-electron chi connectivity index (χ4n) is 5.82. The molecular weight excluding hydrogens is 544 g/mol. The van der Waals surface area contributed by atoms with E-state index in [2.05, 4.69) is 205 Å². The van der Waals surface area contributed by atoms with Gasteiger partial charge in [-0.3, -0.25) is 0 Å². The highest BCUT2D eigenvalue weighted by molar-refractivity contribution is 5.90. The normalized spacial score (nSPS) is 11.1. The third-order valence-electron chi connectivity index (χ3n) is 8.15. The molecule has 0 spiro atoms. The predicted octanol–water partition coefficient (Wildman–Crippen LogP) is 12.3. The fraction of sp³-hybridized carbons (Fsp3) is 0.0233. The lowest BCUT2D eigenvalue weighted by Gasteiger charge is -2.27. The van der Waals surface area contributed by atoms with Gasteiger partial charge in [0.05, 0.1) is 0 Å². The van der Waals surface area contributed by atoms with Crippen molar-refractivity contribution >= 4 is 57.0 Å². The summed E-state index contributed by atoms with van der Waals surface area (Å²) in [5, 5.41) is 2.47. The monoisotopic (exact) mass is 578 g/mol. The zero-order valence-electron chi connectivity index (χ0n) is 25.3. The van der Waals surface area contributed by atoms with E-state index in [0.717, 1.165) is 39.6 Å². The molecule has 7 aromatic carbocycles. The van der Waals surface area contributed by atoms with Crippen molar-refractivity contribution in [2.24, 2.45) is 0 Å². The Morgan fingerprint density at radius 1 is 0.356 bits per heavy atom. The van der Waals surface area contributed by atoms with Gasteiger partial charge in [0.25, 0.3) is 0 Å². The lowest BCUT2D eigenvalue weighted by Crippen LogP contribution is -2.11. The Morgan fingerprint density at radius 2 is 0.800 bits per heavy atom. The number of para-hydroxylation sites is 3. The first kappa shape index (κ1) is 27.9. The van der Waals surface area contributed by atoms with Gasteiger partial charge in [0, 0.05) is 34.1 Å². The van der Waals surface area contributed by atoms with Crippen LogP contribution in [0.25, 0.3) is 22.9 Å². The number of aryl methyl sites for hydroxylation is 1. The van der Waals surface area contributed by atoms with Gasteiger partial charge in [-0.25, -0.2) is 0 Å². The van der Waals surface area contributed by atoms with Crippen molar-refractivity contribution in [2.75, 3.05) is 9.80 Å². The topological polar surface area (TPSA) is 6.48 Å². The van der Waals surface area contributed by atoms with Crippen LogP contribution in [0.3, 0.4) is 0 Å². The molecule has 0 heterocycles. The number of hydrogen-bond donors (Lipinski definition) is 0. The second kappa shape index (κ2) is 12.8. The van der Waals surface area contributed by atoms with Crippen molar-refractivity contribution in [1.82, 2.24) is 0 Å². The lowest BCUT2D eigenvalue weighted by molar-refractivity contribution is 1.25. The summed E-state index contributed by atoms with van der Waals surface area (Å²) < 4.78 is 0. The molecule has 0 radical (unpaired) electrons. The van der Waals surface area contributed by atoms with E-state index in [0.29, 0.717) is 0 Å². The molecule has 7 rings (SSSR count). The van der Waals surface area contributed by atoms with Gasteiger partial charge >= 0.3 is 0 Å². The summed E-state index contributed by atoms with van der Waals surface area (Å²) in [4.78, 5) is 4.63. The van der Waals surface area contributed by atoms with Gasteiger partial charge in [-0.1, -0.05) is 121 Å². The minimum atomic E-state index is 1.12. The molecule has 2 nitrogen and oxygen atoms in total. The zero-order chi connectivity index (χ0) is 30.4. The first-order valence-corrected chi connectivity index (χ1v) is 15.4. The van der Waals surface area contributed by atoms with Gasteiger partial charge in [0.15, 0.2) is 0 Å². The summed E-state index contributed by atoms with van der Waals surface area (Å²) in [7, 11) is 0. The molecular formula is C43H34N2. The first-order chi connectivity index (χ1) is 22.2. The second-order valence-corrected chi connectivity index (χ2v) is 11.2. The van der Waals surface area contributed by atoms with Crippen LogP contribution in [0.15, 0.2) is 176 Å². The Balaban J connectivity index is 1.15. The van der Waals surface area contributed by atoms with Crippen LogP contribution in [0, 0.1) is 6.92 Å². The summed E-state index contributed by atoms with van der Waals surface area (Å²) in [6, 6.07) is 62.3. The fourth-order valence-corrected chi connectivity index (χ4v) is 5.82. The van der Waals surface area contributed by atoms with Crippen LogP contribution in [-0.2, 0) is 0 Å². The van der Waals surface area contributed by atoms with Crippen molar-refractivity contribution in [3.8, 4) is 0 Å². The summed E-state index contributed by atoms with van der Waals surface area (Å²) in [5.41, 5.74) is 10.4. The molecule has 0 unspecified atom stereocenters.